The third-order valence-corrected chi connectivity index (χ3v) is 5.74. The molecule has 37 heavy (non-hydrogen) atoms. The summed E-state index contributed by atoms with van der Waals surface area (Å²) in [4.78, 5) is 38.2. The van der Waals surface area contributed by atoms with Crippen molar-refractivity contribution < 1.29 is 38.1 Å². The number of carbonyl (C=O) groups excluding carboxylic acids is 3. The number of hydrogen-bond acceptors (Lipinski definition) is 8. The highest BCUT2D eigenvalue weighted by molar-refractivity contribution is 6.24. The molecule has 1 aliphatic rings. The zero-order valence-corrected chi connectivity index (χ0v) is 21.7. The normalized spacial score (nSPS) is 13.1. The average molecular weight is 507 g/mol. The van der Waals surface area contributed by atoms with E-state index in [-0.39, 0.29) is 28.4 Å². The molecule has 3 rings (SSSR count). The van der Waals surface area contributed by atoms with Crippen molar-refractivity contribution in [1.29, 1.82) is 0 Å². The van der Waals surface area contributed by atoms with Crippen LogP contribution in [-0.2, 0) is 9.53 Å². The van der Waals surface area contributed by atoms with Crippen LogP contribution in [0.25, 0.3) is 6.08 Å². The van der Waals surface area contributed by atoms with E-state index in [1.807, 2.05) is 19.9 Å². The minimum Gasteiger partial charge on any atom is -0.496 e. The first kappa shape index (κ1) is 27.3. The molecule has 0 radical (unpaired) electrons. The van der Waals surface area contributed by atoms with E-state index < -0.39 is 17.9 Å². The third kappa shape index (κ3) is 6.09. The maximum absolute atomic E-state index is 12.9. The third-order valence-electron chi connectivity index (χ3n) is 5.74. The second kappa shape index (κ2) is 12.1. The Balaban J connectivity index is 2.01. The first-order chi connectivity index (χ1) is 17.7. The molecule has 0 N–H and O–H groups in total. The lowest BCUT2D eigenvalue weighted by Gasteiger charge is -2.24. The fourth-order valence-corrected chi connectivity index (χ4v) is 3.96. The molecule has 0 unspecified atom stereocenters. The first-order valence-electron chi connectivity index (χ1n) is 11.5. The summed E-state index contributed by atoms with van der Waals surface area (Å²) in [5, 5.41) is 0. The Morgan fingerprint density at radius 1 is 0.838 bits per heavy atom. The molecule has 1 aliphatic carbocycles. The maximum atomic E-state index is 12.9. The van der Waals surface area contributed by atoms with Gasteiger partial charge < -0.3 is 23.7 Å². The summed E-state index contributed by atoms with van der Waals surface area (Å²) in [5.74, 6) is 0.0936. The standard InChI is InChI=1S/C29H30O8/c1-17(2)7-12-22(37-26(32)14-9-18-8-13-23(33-3)24(15-18)34-4)19-16-25(35-5)27-20(30)10-11-21(31)28(27)29(19)36-6/h7-11,13-16,22H,12H2,1-6H3/b14-9+/t22-/m1/s1. The molecule has 0 heterocycles. The van der Waals surface area contributed by atoms with Gasteiger partial charge in [-0.05, 0) is 55.8 Å². The van der Waals surface area contributed by atoms with Crippen molar-refractivity contribution in [3.05, 3.63) is 76.4 Å². The summed E-state index contributed by atoms with van der Waals surface area (Å²) in [6, 6.07) is 6.82. The summed E-state index contributed by atoms with van der Waals surface area (Å²) >= 11 is 0. The molecular formula is C29H30O8. The van der Waals surface area contributed by atoms with E-state index in [2.05, 4.69) is 0 Å². The van der Waals surface area contributed by atoms with E-state index in [1.165, 1.54) is 39.6 Å². The number of carbonyl (C=O) groups is 3. The lowest BCUT2D eigenvalue weighted by Crippen LogP contribution is -2.18. The first-order valence-corrected chi connectivity index (χ1v) is 11.5. The Bertz CT molecular complexity index is 1300. The Labute approximate surface area is 216 Å². The predicted octanol–water partition coefficient (Wildman–Crippen LogP) is 5.31. The summed E-state index contributed by atoms with van der Waals surface area (Å²) in [6.45, 7) is 3.85. The molecule has 0 spiro atoms. The van der Waals surface area contributed by atoms with Crippen LogP contribution in [0.3, 0.4) is 0 Å². The van der Waals surface area contributed by atoms with E-state index >= 15 is 0 Å². The second-order valence-electron chi connectivity index (χ2n) is 8.40. The fourth-order valence-electron chi connectivity index (χ4n) is 3.96. The number of rotatable bonds is 10. The van der Waals surface area contributed by atoms with Crippen molar-refractivity contribution in [2.45, 2.75) is 26.4 Å². The Kier molecular flexibility index (Phi) is 8.90. The van der Waals surface area contributed by atoms with Gasteiger partial charge in [-0.1, -0.05) is 17.7 Å². The molecule has 0 amide bonds. The van der Waals surface area contributed by atoms with Gasteiger partial charge in [0, 0.05) is 18.1 Å². The molecule has 0 aliphatic heterocycles. The molecule has 194 valence electrons. The molecular weight excluding hydrogens is 476 g/mol. The number of hydrogen-bond donors (Lipinski definition) is 0. The molecule has 0 aromatic heterocycles. The molecule has 0 bridgehead atoms. The molecule has 2 aromatic rings. The Morgan fingerprint density at radius 3 is 2.08 bits per heavy atom. The molecule has 8 nitrogen and oxygen atoms in total. The van der Waals surface area contributed by atoms with Crippen molar-refractivity contribution >= 4 is 23.6 Å². The lowest BCUT2D eigenvalue weighted by atomic mass is 9.88. The van der Waals surface area contributed by atoms with Gasteiger partial charge in [-0.3, -0.25) is 9.59 Å². The molecule has 8 heteroatoms. The predicted molar refractivity (Wildman–Crippen MR) is 139 cm³/mol. The number of allylic oxidation sites excluding steroid dienone is 3. The van der Waals surface area contributed by atoms with Gasteiger partial charge in [-0.15, -0.1) is 0 Å². The zero-order valence-electron chi connectivity index (χ0n) is 21.7. The van der Waals surface area contributed by atoms with Crippen molar-refractivity contribution in [2.24, 2.45) is 0 Å². The van der Waals surface area contributed by atoms with Crippen molar-refractivity contribution in [2.75, 3.05) is 28.4 Å². The lowest BCUT2D eigenvalue weighted by molar-refractivity contribution is -0.143. The minimum atomic E-state index is -0.819. The van der Waals surface area contributed by atoms with Gasteiger partial charge in [-0.2, -0.15) is 0 Å². The number of esters is 1. The topological polar surface area (TPSA) is 97.4 Å². The number of ether oxygens (including phenoxy) is 5. The van der Waals surface area contributed by atoms with Crippen LogP contribution in [0.5, 0.6) is 23.0 Å². The largest absolute Gasteiger partial charge is 0.496 e. The van der Waals surface area contributed by atoms with Crippen LogP contribution in [-0.4, -0.2) is 46.0 Å². The van der Waals surface area contributed by atoms with Crippen LogP contribution in [0.4, 0.5) is 0 Å². The zero-order chi connectivity index (χ0) is 27.1. The van der Waals surface area contributed by atoms with Crippen LogP contribution in [0.1, 0.15) is 58.2 Å². The van der Waals surface area contributed by atoms with Crippen LogP contribution < -0.4 is 18.9 Å². The van der Waals surface area contributed by atoms with Gasteiger partial charge in [0.1, 0.15) is 17.6 Å². The highest BCUT2D eigenvalue weighted by Gasteiger charge is 2.32. The Hall–Kier alpha value is -4.33. The van der Waals surface area contributed by atoms with Gasteiger partial charge in [0.2, 0.25) is 0 Å². The SMILES string of the molecule is COc1ccc(/C=C/C(=O)O[C@H](CC=C(C)C)c2cc(OC)c3c(c2OC)C(=O)C=CC3=O)cc1OC. The van der Waals surface area contributed by atoms with Gasteiger partial charge >= 0.3 is 5.97 Å². The van der Waals surface area contributed by atoms with E-state index in [4.69, 9.17) is 23.7 Å². The summed E-state index contributed by atoms with van der Waals surface area (Å²) in [5.41, 5.74) is 2.35. The van der Waals surface area contributed by atoms with Crippen LogP contribution in [0, 0.1) is 0 Å². The van der Waals surface area contributed by atoms with Crippen molar-refractivity contribution in [3.63, 3.8) is 0 Å². The van der Waals surface area contributed by atoms with Crippen molar-refractivity contribution in [3.8, 4) is 23.0 Å². The van der Waals surface area contributed by atoms with Gasteiger partial charge in [0.25, 0.3) is 0 Å². The van der Waals surface area contributed by atoms with Crippen LogP contribution in [0.2, 0.25) is 0 Å². The quantitative estimate of drug-likeness (QED) is 0.243. The fraction of sp³-hybridized carbons (Fsp3) is 0.276. The molecule has 1 atom stereocenters. The van der Waals surface area contributed by atoms with Gasteiger partial charge in [0.15, 0.2) is 23.1 Å². The monoisotopic (exact) mass is 506 g/mol. The van der Waals surface area contributed by atoms with E-state index in [1.54, 1.807) is 37.5 Å². The maximum Gasteiger partial charge on any atom is 0.331 e. The van der Waals surface area contributed by atoms with Crippen molar-refractivity contribution in [1.82, 2.24) is 0 Å². The molecule has 0 saturated carbocycles. The van der Waals surface area contributed by atoms with Crippen LogP contribution >= 0.6 is 0 Å². The molecule has 0 saturated heterocycles. The highest BCUT2D eigenvalue weighted by Crippen LogP contribution is 2.42. The smallest absolute Gasteiger partial charge is 0.331 e. The number of ketones is 2. The van der Waals surface area contributed by atoms with Crippen LogP contribution in [0.15, 0.2) is 54.1 Å². The van der Waals surface area contributed by atoms with Gasteiger partial charge in [0.05, 0.1) is 39.6 Å². The van der Waals surface area contributed by atoms with E-state index in [0.717, 1.165) is 5.57 Å². The minimum absolute atomic E-state index is 0.0865. The van der Waals surface area contributed by atoms with E-state index in [0.29, 0.717) is 29.0 Å². The number of methoxy groups -OCH3 is 4. The highest BCUT2D eigenvalue weighted by atomic mass is 16.5. The number of benzene rings is 2. The summed E-state index contributed by atoms with van der Waals surface area (Å²) in [6.07, 6.45) is 6.70. The molecule has 2 aromatic carbocycles. The summed E-state index contributed by atoms with van der Waals surface area (Å²) in [7, 11) is 5.88. The van der Waals surface area contributed by atoms with E-state index in [9.17, 15) is 14.4 Å². The number of fused-ring (bicyclic) bond motifs is 1. The molecule has 0 fully saturated rings. The average Bonchev–Trinajstić information content (AvgIpc) is 2.90. The summed E-state index contributed by atoms with van der Waals surface area (Å²) < 4.78 is 27.4. The Morgan fingerprint density at radius 2 is 1.49 bits per heavy atom. The van der Waals surface area contributed by atoms with Gasteiger partial charge in [-0.25, -0.2) is 4.79 Å². The second-order valence-corrected chi connectivity index (χ2v) is 8.40.